The highest BCUT2D eigenvalue weighted by molar-refractivity contribution is 5.79. The fourth-order valence-corrected chi connectivity index (χ4v) is 10.9. The Morgan fingerprint density at radius 1 is 0.304 bits per heavy atom. The Kier molecular flexibility index (Phi) is 21.3. The molecule has 4 aromatic heterocycles. The summed E-state index contributed by atoms with van der Waals surface area (Å²) in [4.78, 5) is 73.1. The minimum atomic E-state index is -0.389. The quantitative estimate of drug-likeness (QED) is 0.0563. The summed E-state index contributed by atoms with van der Waals surface area (Å²) in [6.45, 7) is 26.0. The van der Waals surface area contributed by atoms with Crippen LogP contribution in [0, 0.1) is 0 Å². The van der Waals surface area contributed by atoms with Gasteiger partial charge in [0, 0.05) is 101 Å². The van der Waals surface area contributed by atoms with E-state index in [1.54, 1.807) is 49.6 Å². The fourth-order valence-electron chi connectivity index (χ4n) is 10.9. The van der Waals surface area contributed by atoms with Gasteiger partial charge in [-0.05, 0) is 159 Å². The summed E-state index contributed by atoms with van der Waals surface area (Å²) < 4.78 is 27.9. The van der Waals surface area contributed by atoms with Crippen LogP contribution < -0.4 is 40.2 Å². The number of nitrogens with one attached hydrogen (secondary N) is 4. The van der Waals surface area contributed by atoms with Crippen LogP contribution in [0.1, 0.15) is 172 Å². The van der Waals surface area contributed by atoms with Crippen LogP contribution in [0.3, 0.4) is 0 Å². The highest BCUT2D eigenvalue weighted by Gasteiger charge is 2.31. The molecule has 92 heavy (non-hydrogen) atoms. The summed E-state index contributed by atoms with van der Waals surface area (Å²) in [6.07, 6.45) is 14.5. The van der Waals surface area contributed by atoms with E-state index in [9.17, 15) is 19.2 Å². The van der Waals surface area contributed by atoms with Gasteiger partial charge in [-0.1, -0.05) is 132 Å². The Bertz CT molecular complexity index is 3290. The van der Waals surface area contributed by atoms with Gasteiger partial charge in [0.05, 0.1) is 0 Å². The molecule has 0 aliphatic heterocycles. The number of hydrogen-bond donors (Lipinski definition) is 4. The number of nitrogens with zero attached hydrogens (tertiary/aromatic N) is 4. The van der Waals surface area contributed by atoms with E-state index in [1.165, 1.54) is 0 Å². The van der Waals surface area contributed by atoms with E-state index in [0.717, 1.165) is 89.0 Å². The maximum atomic E-state index is 14.1. The number of pyridine rings is 4. The standard InChI is InChI=1S/C76H88N8O8/c1-73(2,3)61-33-53-29-55-35-62(74(4,5)6)37-57(70(55)90-46-66(86)82-42-50-15-23-78-24-16-50)31-59-39-64(76(10,11)12)40-60(72(59)92-48-68(88)84-44-52-19-27-80-28-20-52)32-58-38-63(75(7,8)9)36-56(71(58)91-47-67(87)83-43-51-17-25-79-26-18-51)30-54(34-61)69(53)89-45-65(85)81-41-49-13-21-77-22-14-49/h13-28,33-40H,29-32,41-48H2,1-12H3,(H,81,85)(H,82,86)(H,83,87)(H,84,88). The van der Waals surface area contributed by atoms with Crippen LogP contribution in [0.25, 0.3) is 0 Å². The molecule has 16 nitrogen and oxygen atoms in total. The van der Waals surface area contributed by atoms with Crippen LogP contribution in [-0.2, 0) is 92.7 Å². The molecule has 0 saturated carbocycles. The maximum absolute atomic E-state index is 14.1. The number of rotatable bonds is 20. The number of fused-ring (bicyclic) bond motifs is 8. The van der Waals surface area contributed by atoms with Gasteiger partial charge in [-0.3, -0.25) is 39.1 Å². The Hall–Kier alpha value is -9.44. The van der Waals surface area contributed by atoms with Gasteiger partial charge in [0.15, 0.2) is 26.4 Å². The highest BCUT2D eigenvalue weighted by Crippen LogP contribution is 2.44. The Balaban J connectivity index is 1.29. The SMILES string of the molecule is CC(C)(C)c1cc2c(OCC(=O)NCc3ccncc3)c(c1)Cc1cc(C(C)(C)C)cc(c1OCC(=O)NCc1ccncc1)Cc1cc(C(C)(C)C)cc(c1OCC(=O)NCc1ccncc1)Cc1cc(C(C)(C)C)cc(c1OCC(=O)NCc1ccncc1)C2. The highest BCUT2D eigenvalue weighted by atomic mass is 16.5. The Morgan fingerprint density at radius 3 is 0.620 bits per heavy atom. The summed E-state index contributed by atoms with van der Waals surface area (Å²) >= 11 is 0. The van der Waals surface area contributed by atoms with E-state index in [1.807, 2.05) is 48.5 Å². The third-order valence-corrected chi connectivity index (χ3v) is 16.3. The van der Waals surface area contributed by atoms with Crippen molar-refractivity contribution in [2.75, 3.05) is 26.4 Å². The summed E-state index contributed by atoms with van der Waals surface area (Å²) in [7, 11) is 0. The molecule has 1 aliphatic carbocycles. The molecule has 0 atom stereocenters. The van der Waals surface area contributed by atoms with Crippen molar-refractivity contribution in [1.82, 2.24) is 41.2 Å². The third-order valence-electron chi connectivity index (χ3n) is 16.3. The first-order chi connectivity index (χ1) is 43.7. The molecule has 9 rings (SSSR count). The minimum absolute atomic E-state index is 0.248. The van der Waals surface area contributed by atoms with Crippen LogP contribution in [0.5, 0.6) is 23.0 Å². The first kappa shape index (κ1) is 67.0. The molecule has 4 heterocycles. The lowest BCUT2D eigenvalue weighted by atomic mass is 9.79. The van der Waals surface area contributed by atoms with Crippen molar-refractivity contribution >= 4 is 23.6 Å². The number of carbonyl (C=O) groups excluding carboxylic acids is 4. The smallest absolute Gasteiger partial charge is 0.258 e. The molecule has 0 spiro atoms. The van der Waals surface area contributed by atoms with Gasteiger partial charge in [-0.15, -0.1) is 0 Å². The predicted octanol–water partition coefficient (Wildman–Crippen LogP) is 11.9. The molecular weight excluding hydrogens is 1150 g/mol. The number of hydrogen-bond acceptors (Lipinski definition) is 12. The summed E-state index contributed by atoms with van der Waals surface area (Å²) in [5, 5.41) is 12.2. The molecule has 8 bridgehead atoms. The topological polar surface area (TPSA) is 205 Å². The largest absolute Gasteiger partial charge is 0.483 e. The van der Waals surface area contributed by atoms with Crippen molar-refractivity contribution in [2.24, 2.45) is 0 Å². The van der Waals surface area contributed by atoms with Gasteiger partial charge in [-0.25, -0.2) is 0 Å². The molecule has 4 N–H and O–H groups in total. The van der Waals surface area contributed by atoms with Crippen LogP contribution in [0.2, 0.25) is 0 Å². The van der Waals surface area contributed by atoms with E-state index in [0.29, 0.717) is 23.0 Å². The number of carbonyl (C=O) groups is 4. The average molecular weight is 1240 g/mol. The number of ether oxygens (including phenoxy) is 4. The van der Waals surface area contributed by atoms with E-state index in [2.05, 4.69) is 173 Å². The van der Waals surface area contributed by atoms with E-state index >= 15 is 0 Å². The van der Waals surface area contributed by atoms with Crippen molar-refractivity contribution in [3.63, 3.8) is 0 Å². The van der Waals surface area contributed by atoms with Crippen molar-refractivity contribution in [3.8, 4) is 23.0 Å². The van der Waals surface area contributed by atoms with Crippen molar-refractivity contribution in [3.05, 3.63) is 236 Å². The Labute approximate surface area is 542 Å². The maximum Gasteiger partial charge on any atom is 0.258 e. The zero-order valence-corrected chi connectivity index (χ0v) is 55.4. The van der Waals surface area contributed by atoms with Crippen LogP contribution in [0.4, 0.5) is 0 Å². The molecular formula is C76H88N8O8. The molecule has 4 amide bonds. The van der Waals surface area contributed by atoms with Crippen molar-refractivity contribution in [2.45, 2.75) is 157 Å². The van der Waals surface area contributed by atoms with Gasteiger partial charge in [0.25, 0.3) is 23.6 Å². The van der Waals surface area contributed by atoms with Crippen LogP contribution >= 0.6 is 0 Å². The van der Waals surface area contributed by atoms with Gasteiger partial charge < -0.3 is 40.2 Å². The second-order valence-electron chi connectivity index (χ2n) is 27.9. The monoisotopic (exact) mass is 1240 g/mol. The van der Waals surface area contributed by atoms with E-state index < -0.39 is 0 Å². The lowest BCUT2D eigenvalue weighted by Gasteiger charge is -2.29. The number of benzene rings is 4. The number of aromatic nitrogens is 4. The lowest BCUT2D eigenvalue weighted by Crippen LogP contribution is -2.29. The predicted molar refractivity (Wildman–Crippen MR) is 358 cm³/mol. The molecule has 0 radical (unpaired) electrons. The second-order valence-corrected chi connectivity index (χ2v) is 27.9. The van der Waals surface area contributed by atoms with Crippen molar-refractivity contribution in [1.29, 1.82) is 0 Å². The first-order valence-corrected chi connectivity index (χ1v) is 31.5. The van der Waals surface area contributed by atoms with Gasteiger partial charge in [0.1, 0.15) is 23.0 Å². The fraction of sp³-hybridized carbons (Fsp3) is 0.368. The summed E-state index contributed by atoms with van der Waals surface area (Å²) in [6, 6.07) is 32.2. The Morgan fingerprint density at radius 2 is 0.467 bits per heavy atom. The molecule has 16 heteroatoms. The van der Waals surface area contributed by atoms with E-state index in [4.69, 9.17) is 18.9 Å². The van der Waals surface area contributed by atoms with Gasteiger partial charge in [-0.2, -0.15) is 0 Å². The second kappa shape index (κ2) is 29.2. The molecule has 0 saturated heterocycles. The third kappa shape index (κ3) is 18.4. The normalized spacial score (nSPS) is 12.5. The molecule has 1 aliphatic rings. The average Bonchev–Trinajstić information content (AvgIpc) is 0.780. The molecule has 0 fully saturated rings. The van der Waals surface area contributed by atoms with Crippen molar-refractivity contribution < 1.29 is 38.1 Å². The summed E-state index contributed by atoms with van der Waals surface area (Å²) in [5.41, 5.74) is 12.4. The molecule has 0 unspecified atom stereocenters. The zero-order chi connectivity index (χ0) is 65.8. The summed E-state index contributed by atoms with van der Waals surface area (Å²) in [5.74, 6) is 0.752. The first-order valence-electron chi connectivity index (χ1n) is 31.5. The molecule has 480 valence electrons. The van der Waals surface area contributed by atoms with E-state index in [-0.39, 0.29) is 124 Å². The van der Waals surface area contributed by atoms with Gasteiger partial charge in [0.2, 0.25) is 0 Å². The zero-order valence-electron chi connectivity index (χ0n) is 55.4. The lowest BCUT2D eigenvalue weighted by molar-refractivity contribution is -0.124. The van der Waals surface area contributed by atoms with Crippen LogP contribution in [-0.4, -0.2) is 70.0 Å². The number of amides is 4. The molecule has 8 aromatic rings. The van der Waals surface area contributed by atoms with Crippen LogP contribution in [0.15, 0.2) is 147 Å². The minimum Gasteiger partial charge on any atom is -0.483 e. The van der Waals surface area contributed by atoms with Gasteiger partial charge >= 0.3 is 0 Å². The molecule has 4 aromatic carbocycles.